The smallest absolute Gasteiger partial charge is 0.325 e. The number of hydrogen-bond acceptors (Lipinski definition) is 10. The second-order valence-corrected chi connectivity index (χ2v) is 21.2. The second kappa shape index (κ2) is 23.4. The van der Waals surface area contributed by atoms with Gasteiger partial charge in [0.25, 0.3) is 11.8 Å². The Hall–Kier alpha value is -6.84. The second-order valence-electron chi connectivity index (χ2n) is 18.7. The van der Waals surface area contributed by atoms with Crippen LogP contribution >= 0.6 is 34.8 Å². The zero-order chi connectivity index (χ0) is 52.5. The van der Waals surface area contributed by atoms with Crippen molar-refractivity contribution in [3.8, 4) is 0 Å². The maximum Gasteiger partial charge on any atom is 0.325 e. The van der Waals surface area contributed by atoms with Crippen molar-refractivity contribution >= 4 is 81.4 Å². The minimum absolute atomic E-state index is 0.0462. The third kappa shape index (κ3) is 13.2. The van der Waals surface area contributed by atoms with Gasteiger partial charge < -0.3 is 24.7 Å². The molecule has 380 valence electrons. The number of aromatic nitrogens is 3. The molecule has 0 spiro atoms. The van der Waals surface area contributed by atoms with E-state index in [1.54, 1.807) is 53.1 Å². The quantitative estimate of drug-likeness (QED) is 0.0346. The standard InChI is InChI=1S/C56H58Cl3N7O7/c1-36(2)49(63-53(71)54(5,6)29-28-39-24-25-40-26-27-45(61-47(40)31-39)37(3)73-38(4)67)50(68)62-48(51(69)66-30-16-23-46(64-66)52(70)72-34-55(57,58)59)32-44-33-65(35-60-44)56(41-17-10-7-11-18-41,42-19-12-8-13-20-42)43-21-14-9-15-22-43/h7-15,17-22,24-29,31,33,35,37,46,48,64H,16,23,30,32,34H2,1-6H3,(H,62,68)(H,63,71)/b29-28+/t37-,46+,48+/m1/s1. The van der Waals surface area contributed by atoms with Crippen molar-refractivity contribution in [1.82, 2.24) is 35.6 Å². The van der Waals surface area contributed by atoms with Crippen LogP contribution in [0.4, 0.5) is 0 Å². The van der Waals surface area contributed by atoms with Crippen LogP contribution in [0.25, 0.3) is 17.0 Å². The summed E-state index contributed by atoms with van der Waals surface area (Å²) in [4.78, 5) is 77.8. The highest BCUT2D eigenvalue weighted by atomic mass is 35.6. The maximum atomic E-state index is 14.8. The minimum Gasteiger partial charge on any atom is -0.460 e. The van der Waals surface area contributed by atoms with Gasteiger partial charge in [0.2, 0.25) is 9.70 Å². The molecule has 0 radical (unpaired) electrons. The molecule has 6 aromatic rings. The fourth-order valence-corrected chi connectivity index (χ4v) is 8.85. The van der Waals surface area contributed by atoms with Gasteiger partial charge in [-0.15, -0.1) is 0 Å². The van der Waals surface area contributed by atoms with Gasteiger partial charge >= 0.3 is 11.9 Å². The number of pyridine rings is 1. The summed E-state index contributed by atoms with van der Waals surface area (Å²) in [5.41, 5.74) is 6.74. The Morgan fingerprint density at radius 2 is 1.45 bits per heavy atom. The summed E-state index contributed by atoms with van der Waals surface area (Å²) < 4.78 is 10.8. The fraction of sp³-hybridized carbons (Fsp3) is 0.304. The van der Waals surface area contributed by atoms with Crippen molar-refractivity contribution < 1.29 is 33.4 Å². The van der Waals surface area contributed by atoms with E-state index in [2.05, 4.69) is 52.5 Å². The number of halogens is 3. The summed E-state index contributed by atoms with van der Waals surface area (Å²) in [6, 6.07) is 37.3. The number of benzene rings is 4. The number of imidazole rings is 1. The van der Waals surface area contributed by atoms with Crippen LogP contribution in [0.2, 0.25) is 0 Å². The first-order valence-corrected chi connectivity index (χ1v) is 25.0. The van der Waals surface area contributed by atoms with Gasteiger partial charge in [0.1, 0.15) is 36.0 Å². The van der Waals surface area contributed by atoms with Crippen LogP contribution in [0.1, 0.15) is 94.1 Å². The molecule has 3 atom stereocenters. The van der Waals surface area contributed by atoms with E-state index >= 15 is 0 Å². The third-order valence-corrected chi connectivity index (χ3v) is 12.8. The van der Waals surface area contributed by atoms with Gasteiger partial charge in [-0.05, 0) is 87.4 Å². The van der Waals surface area contributed by atoms with Crippen LogP contribution in [-0.4, -0.2) is 78.2 Å². The molecule has 1 saturated heterocycles. The molecule has 1 aliphatic heterocycles. The Labute approximate surface area is 440 Å². The number of fused-ring (bicyclic) bond motifs is 1. The van der Waals surface area contributed by atoms with Crippen molar-refractivity contribution in [1.29, 1.82) is 0 Å². The first-order valence-electron chi connectivity index (χ1n) is 23.8. The van der Waals surface area contributed by atoms with Gasteiger partial charge in [-0.25, -0.2) is 15.4 Å². The molecule has 14 nitrogen and oxygen atoms in total. The molecule has 3 N–H and O–H groups in total. The van der Waals surface area contributed by atoms with Gasteiger partial charge in [-0.1, -0.05) is 156 Å². The average Bonchev–Trinajstić information content (AvgIpc) is 3.84. The number of alkyl halides is 3. The molecule has 7 rings (SSSR count). The van der Waals surface area contributed by atoms with E-state index in [0.717, 1.165) is 27.6 Å². The molecule has 73 heavy (non-hydrogen) atoms. The SMILES string of the molecule is CC(=O)O[C@H](C)c1ccc2ccc(/C=C/C(C)(C)C(=O)NC(C(=O)N[C@@H](Cc3cn(C(c4ccccc4)(c4ccccc4)c4ccccc4)cn3)C(=O)N3CCC[C@@H](C(=O)OCC(Cl)(Cl)Cl)N3)=C(C)C)cc2n1. The van der Waals surface area contributed by atoms with Crippen LogP contribution in [0.15, 0.2) is 151 Å². The predicted molar refractivity (Wildman–Crippen MR) is 283 cm³/mol. The zero-order valence-corrected chi connectivity index (χ0v) is 43.7. The Morgan fingerprint density at radius 1 is 0.849 bits per heavy atom. The van der Waals surface area contributed by atoms with Crippen LogP contribution in [0.3, 0.4) is 0 Å². The van der Waals surface area contributed by atoms with Crippen molar-refractivity contribution in [3.05, 3.63) is 185 Å². The summed E-state index contributed by atoms with van der Waals surface area (Å²) in [7, 11) is 0. The summed E-state index contributed by atoms with van der Waals surface area (Å²) in [5.74, 6) is -2.89. The van der Waals surface area contributed by atoms with E-state index in [-0.39, 0.29) is 18.7 Å². The summed E-state index contributed by atoms with van der Waals surface area (Å²) in [5, 5.41) is 7.93. The normalized spacial score (nSPS) is 15.0. The number of hydrogen-bond donors (Lipinski definition) is 3. The van der Waals surface area contributed by atoms with E-state index < -0.39 is 69.2 Å². The topological polar surface area (TPSA) is 174 Å². The lowest BCUT2D eigenvalue weighted by Crippen LogP contribution is -2.60. The Bertz CT molecular complexity index is 2910. The molecule has 0 bridgehead atoms. The van der Waals surface area contributed by atoms with Crippen molar-refractivity contribution in [2.45, 2.75) is 88.3 Å². The van der Waals surface area contributed by atoms with E-state index in [0.29, 0.717) is 35.3 Å². The number of nitrogens with one attached hydrogen (secondary N) is 3. The molecule has 1 aliphatic rings. The predicted octanol–water partition coefficient (Wildman–Crippen LogP) is 9.48. The molecule has 0 unspecified atom stereocenters. The van der Waals surface area contributed by atoms with Gasteiger partial charge in [-0.3, -0.25) is 29.0 Å². The molecule has 2 aromatic heterocycles. The fourth-order valence-electron chi connectivity index (χ4n) is 8.69. The molecular formula is C56H58Cl3N7O7. The van der Waals surface area contributed by atoms with E-state index in [9.17, 15) is 24.0 Å². The molecule has 0 saturated carbocycles. The van der Waals surface area contributed by atoms with E-state index in [1.165, 1.54) is 11.9 Å². The Morgan fingerprint density at radius 3 is 2.03 bits per heavy atom. The molecular weight excluding hydrogens is 989 g/mol. The highest BCUT2D eigenvalue weighted by molar-refractivity contribution is 6.67. The zero-order valence-electron chi connectivity index (χ0n) is 41.4. The lowest BCUT2D eigenvalue weighted by atomic mass is 9.77. The number of amides is 3. The van der Waals surface area contributed by atoms with Crippen LogP contribution in [0, 0.1) is 5.41 Å². The number of ether oxygens (including phenoxy) is 2. The highest BCUT2D eigenvalue weighted by Crippen LogP contribution is 2.41. The Kier molecular flexibility index (Phi) is 17.3. The molecule has 4 aromatic carbocycles. The summed E-state index contributed by atoms with van der Waals surface area (Å²) in [6.07, 6.45) is 7.24. The van der Waals surface area contributed by atoms with Crippen LogP contribution in [-0.2, 0) is 45.4 Å². The lowest BCUT2D eigenvalue weighted by Gasteiger charge is -2.37. The van der Waals surface area contributed by atoms with Crippen molar-refractivity contribution in [2.24, 2.45) is 5.41 Å². The molecule has 17 heteroatoms. The van der Waals surface area contributed by atoms with E-state index in [1.807, 2.05) is 95.7 Å². The number of carbonyl (C=O) groups excluding carboxylic acids is 5. The van der Waals surface area contributed by atoms with Gasteiger partial charge in [-0.2, -0.15) is 0 Å². The van der Waals surface area contributed by atoms with Gasteiger partial charge in [0.15, 0.2) is 0 Å². The first kappa shape index (κ1) is 53.9. The van der Waals surface area contributed by atoms with Crippen molar-refractivity contribution in [3.63, 3.8) is 0 Å². The number of rotatable bonds is 17. The average molecular weight is 1050 g/mol. The number of esters is 2. The first-order chi connectivity index (χ1) is 34.7. The van der Waals surface area contributed by atoms with Crippen LogP contribution < -0.4 is 16.1 Å². The number of allylic oxidation sites excluding steroid dienone is 1. The minimum atomic E-state index is -1.84. The number of hydrazine groups is 1. The summed E-state index contributed by atoms with van der Waals surface area (Å²) >= 11 is 17.6. The lowest BCUT2D eigenvalue weighted by molar-refractivity contribution is -0.153. The van der Waals surface area contributed by atoms with Crippen LogP contribution in [0.5, 0.6) is 0 Å². The summed E-state index contributed by atoms with van der Waals surface area (Å²) in [6.45, 7) is 9.61. The Balaban J connectivity index is 1.17. The molecule has 1 fully saturated rings. The highest BCUT2D eigenvalue weighted by Gasteiger charge is 2.40. The molecule has 0 aliphatic carbocycles. The van der Waals surface area contributed by atoms with Gasteiger partial charge in [0.05, 0.1) is 28.6 Å². The monoisotopic (exact) mass is 1050 g/mol. The molecule has 3 amide bonds. The largest absolute Gasteiger partial charge is 0.460 e. The third-order valence-electron chi connectivity index (χ3n) is 12.5. The van der Waals surface area contributed by atoms with Gasteiger partial charge in [0, 0.05) is 31.5 Å². The number of nitrogens with zero attached hydrogens (tertiary/aromatic N) is 4. The molecule has 3 heterocycles. The van der Waals surface area contributed by atoms with E-state index in [4.69, 9.17) is 54.2 Å². The van der Waals surface area contributed by atoms with Crippen molar-refractivity contribution in [2.75, 3.05) is 13.2 Å². The number of carbonyl (C=O) groups is 5. The maximum absolute atomic E-state index is 14.8.